The number of nitrogens with one attached hydrogen (secondary N) is 1. The lowest BCUT2D eigenvalue weighted by molar-refractivity contribution is -0.0884. The molecule has 0 atom stereocenters. The number of carbonyl (C=O) groups is 2. The number of ketones is 2. The first-order chi connectivity index (χ1) is 12.3. The lowest BCUT2D eigenvalue weighted by Gasteiger charge is -2.04. The highest BCUT2D eigenvalue weighted by Crippen LogP contribution is 2.28. The van der Waals surface area contributed by atoms with Crippen LogP contribution in [-0.4, -0.2) is 22.7 Å². The Morgan fingerprint density at radius 2 is 1.73 bits per heavy atom. The normalized spacial score (nSPS) is 12.0. The Hall–Kier alpha value is -2.67. The molecule has 0 unspecified atom stereocenters. The Balaban J connectivity index is 1.94. The third-order valence-electron chi connectivity index (χ3n) is 3.79. The number of hydrogen-bond donors (Lipinski definition) is 1. The van der Waals surface area contributed by atoms with Gasteiger partial charge in [-0.3, -0.25) is 9.59 Å². The lowest BCUT2D eigenvalue weighted by Crippen LogP contribution is -2.22. The van der Waals surface area contributed by atoms with Crippen LogP contribution < -0.4 is 0 Å². The zero-order valence-corrected chi connectivity index (χ0v) is 14.7. The molecule has 0 amide bonds. The second-order valence-electron chi connectivity index (χ2n) is 5.50. The lowest BCUT2D eigenvalue weighted by atomic mass is 10.0. The molecule has 0 fully saturated rings. The maximum Gasteiger partial charge on any atom is 0.454 e. The Kier molecular flexibility index (Phi) is 4.82. The molecule has 3 nitrogen and oxygen atoms in total. The number of halogens is 4. The summed E-state index contributed by atoms with van der Waals surface area (Å²) in [5, 5.41) is 0.158. The maximum atomic E-state index is 12.7. The van der Waals surface area contributed by atoms with Gasteiger partial charge in [0.1, 0.15) is 0 Å². The highest BCUT2D eigenvalue weighted by atomic mass is 79.9. The summed E-state index contributed by atoms with van der Waals surface area (Å²) < 4.78 is 38.9. The van der Waals surface area contributed by atoms with E-state index in [1.165, 1.54) is 24.3 Å². The molecular formula is C19H11BrF3NO2. The van der Waals surface area contributed by atoms with Crippen molar-refractivity contribution in [2.24, 2.45) is 0 Å². The van der Waals surface area contributed by atoms with E-state index in [0.717, 1.165) is 10.7 Å². The van der Waals surface area contributed by atoms with Crippen molar-refractivity contribution < 1.29 is 22.8 Å². The number of rotatable bonds is 4. The number of carbonyl (C=O) groups excluding carboxylic acids is 2. The van der Waals surface area contributed by atoms with E-state index in [4.69, 9.17) is 0 Å². The minimum Gasteiger partial charge on any atom is -0.360 e. The van der Waals surface area contributed by atoms with Gasteiger partial charge < -0.3 is 4.98 Å². The summed E-state index contributed by atoms with van der Waals surface area (Å²) in [5.74, 6) is -2.15. The first-order valence-electron chi connectivity index (χ1n) is 7.47. The van der Waals surface area contributed by atoms with Crippen LogP contribution in [0.5, 0.6) is 0 Å². The van der Waals surface area contributed by atoms with Crippen molar-refractivity contribution in [3.05, 3.63) is 75.9 Å². The fourth-order valence-corrected chi connectivity index (χ4v) is 2.80. The molecule has 0 saturated carbocycles. The monoisotopic (exact) mass is 421 g/mol. The van der Waals surface area contributed by atoms with Gasteiger partial charge in [0.2, 0.25) is 0 Å². The number of aromatic nitrogens is 1. The molecule has 1 aromatic heterocycles. The van der Waals surface area contributed by atoms with E-state index in [2.05, 4.69) is 20.9 Å². The first kappa shape index (κ1) is 18.1. The molecule has 0 bridgehead atoms. The minimum atomic E-state index is -4.95. The van der Waals surface area contributed by atoms with Crippen molar-refractivity contribution in [2.75, 3.05) is 0 Å². The predicted molar refractivity (Wildman–Crippen MR) is 96.2 cm³/mol. The van der Waals surface area contributed by atoms with Crippen molar-refractivity contribution in [2.45, 2.75) is 6.18 Å². The summed E-state index contributed by atoms with van der Waals surface area (Å²) in [6, 6.07) is 11.4. The quantitative estimate of drug-likeness (QED) is 0.442. The van der Waals surface area contributed by atoms with Gasteiger partial charge in [-0.15, -0.1) is 0 Å². The van der Waals surface area contributed by atoms with Crippen LogP contribution in [0.4, 0.5) is 13.2 Å². The molecule has 3 aromatic rings. The zero-order chi connectivity index (χ0) is 18.9. The van der Waals surface area contributed by atoms with Crippen molar-refractivity contribution >= 4 is 44.5 Å². The Morgan fingerprint density at radius 1 is 1.04 bits per heavy atom. The van der Waals surface area contributed by atoms with E-state index in [0.29, 0.717) is 16.6 Å². The molecule has 0 aliphatic heterocycles. The SMILES string of the molecule is O=C(/C=C/c1cccc2c(C(=O)C(F)(F)F)c[nH]c12)c1ccc(Br)cc1. The highest BCUT2D eigenvalue weighted by molar-refractivity contribution is 9.10. The number of hydrogen-bond acceptors (Lipinski definition) is 2. The minimum absolute atomic E-state index is 0.158. The van der Waals surface area contributed by atoms with Gasteiger partial charge in [-0.05, 0) is 42.0 Å². The molecule has 0 aliphatic carbocycles. The summed E-state index contributed by atoms with van der Waals surface area (Å²) in [6.07, 6.45) is -1.07. The number of benzene rings is 2. The van der Waals surface area contributed by atoms with Gasteiger partial charge in [-0.25, -0.2) is 0 Å². The third-order valence-corrected chi connectivity index (χ3v) is 4.32. The van der Waals surface area contributed by atoms with Crippen molar-refractivity contribution in [1.82, 2.24) is 4.98 Å². The van der Waals surface area contributed by atoms with Crippen LogP contribution in [0.3, 0.4) is 0 Å². The van der Waals surface area contributed by atoms with Crippen LogP contribution in [0.25, 0.3) is 17.0 Å². The van der Waals surface area contributed by atoms with E-state index >= 15 is 0 Å². The molecule has 1 heterocycles. The molecule has 132 valence electrons. The van der Waals surface area contributed by atoms with Crippen LogP contribution in [-0.2, 0) is 0 Å². The second kappa shape index (κ2) is 6.92. The third kappa shape index (κ3) is 3.62. The maximum absolute atomic E-state index is 12.7. The van der Waals surface area contributed by atoms with E-state index < -0.39 is 17.5 Å². The fourth-order valence-electron chi connectivity index (χ4n) is 2.53. The molecule has 0 saturated heterocycles. The smallest absolute Gasteiger partial charge is 0.360 e. The van der Waals surface area contributed by atoms with Gasteiger partial charge >= 0.3 is 6.18 Å². The number of para-hydroxylation sites is 1. The molecule has 26 heavy (non-hydrogen) atoms. The van der Waals surface area contributed by atoms with Crippen LogP contribution in [0.1, 0.15) is 26.3 Å². The van der Waals surface area contributed by atoms with Crippen molar-refractivity contribution in [3.63, 3.8) is 0 Å². The number of allylic oxidation sites excluding steroid dienone is 1. The van der Waals surface area contributed by atoms with Gasteiger partial charge in [-0.1, -0.05) is 34.1 Å². The van der Waals surface area contributed by atoms with Crippen molar-refractivity contribution in [1.29, 1.82) is 0 Å². The topological polar surface area (TPSA) is 49.9 Å². The zero-order valence-electron chi connectivity index (χ0n) is 13.1. The average Bonchev–Trinajstić information content (AvgIpc) is 3.03. The average molecular weight is 422 g/mol. The molecule has 0 radical (unpaired) electrons. The number of alkyl halides is 3. The standard InChI is InChI=1S/C19H11BrF3NO2/c20-13-7-4-11(5-8-13)16(25)9-6-12-2-1-3-14-15(10-24-17(12)14)18(26)19(21,22)23/h1-10,24H/b9-6+. The number of Topliss-reactive ketones (excluding diaryl/α,β-unsaturated/α-hetero) is 1. The van der Waals surface area contributed by atoms with E-state index in [1.807, 2.05) is 0 Å². The molecule has 3 rings (SSSR count). The summed E-state index contributed by atoms with van der Waals surface area (Å²) in [4.78, 5) is 26.4. The fraction of sp³-hybridized carbons (Fsp3) is 0.0526. The molecule has 7 heteroatoms. The number of H-pyrrole nitrogens is 1. The van der Waals surface area contributed by atoms with Gasteiger partial charge in [0.15, 0.2) is 5.78 Å². The van der Waals surface area contributed by atoms with E-state index in [1.54, 1.807) is 30.3 Å². The summed E-state index contributed by atoms with van der Waals surface area (Å²) in [6.45, 7) is 0. The number of fused-ring (bicyclic) bond motifs is 1. The first-order valence-corrected chi connectivity index (χ1v) is 8.26. The van der Waals surface area contributed by atoms with Crippen molar-refractivity contribution in [3.8, 4) is 0 Å². The second-order valence-corrected chi connectivity index (χ2v) is 6.42. The Bertz CT molecular complexity index is 1020. The van der Waals surface area contributed by atoms with Gasteiger partial charge in [-0.2, -0.15) is 13.2 Å². The van der Waals surface area contributed by atoms with Crippen LogP contribution in [0.15, 0.2) is 59.2 Å². The van der Waals surface area contributed by atoms with Gasteiger partial charge in [0.05, 0.1) is 11.1 Å². The highest BCUT2D eigenvalue weighted by Gasteiger charge is 2.40. The predicted octanol–water partition coefficient (Wildman–Crippen LogP) is 5.57. The molecule has 1 N–H and O–H groups in total. The van der Waals surface area contributed by atoms with E-state index in [-0.39, 0.29) is 11.2 Å². The van der Waals surface area contributed by atoms with Crippen LogP contribution in [0, 0.1) is 0 Å². The van der Waals surface area contributed by atoms with Gasteiger partial charge in [0, 0.05) is 21.6 Å². The Morgan fingerprint density at radius 3 is 2.38 bits per heavy atom. The molecule has 2 aromatic carbocycles. The largest absolute Gasteiger partial charge is 0.454 e. The van der Waals surface area contributed by atoms with Crippen LogP contribution >= 0.6 is 15.9 Å². The van der Waals surface area contributed by atoms with Crippen LogP contribution in [0.2, 0.25) is 0 Å². The molecule has 0 spiro atoms. The summed E-state index contributed by atoms with van der Waals surface area (Å²) in [5.41, 5.74) is 0.909. The van der Waals surface area contributed by atoms with E-state index in [9.17, 15) is 22.8 Å². The summed E-state index contributed by atoms with van der Waals surface area (Å²) in [7, 11) is 0. The summed E-state index contributed by atoms with van der Waals surface area (Å²) >= 11 is 3.28. The number of aromatic amines is 1. The molecule has 0 aliphatic rings. The Labute approximate surface area is 154 Å². The molecular weight excluding hydrogens is 411 g/mol. The van der Waals surface area contributed by atoms with Gasteiger partial charge in [0.25, 0.3) is 5.78 Å².